The standard InChI is InChI=1S/C15H19ClN6O2/c1-3-8-17-15(24)10(2)18-13(23)9-22-20-14(19-21-22)11-6-4-5-7-12(11)16/h4-7,10H,3,8-9H2,1-2H3,(H,17,24)(H,18,23)/t10-/m0/s1. The lowest BCUT2D eigenvalue weighted by molar-refractivity contribution is -0.129. The Morgan fingerprint density at radius 3 is 2.79 bits per heavy atom. The smallest absolute Gasteiger partial charge is 0.244 e. The minimum absolute atomic E-state index is 0.136. The summed E-state index contributed by atoms with van der Waals surface area (Å²) in [6, 6.07) is 6.47. The summed E-state index contributed by atoms with van der Waals surface area (Å²) in [4.78, 5) is 24.9. The summed E-state index contributed by atoms with van der Waals surface area (Å²) in [5, 5.41) is 17.7. The van der Waals surface area contributed by atoms with Crippen molar-refractivity contribution in [1.82, 2.24) is 30.8 Å². The van der Waals surface area contributed by atoms with Crippen LogP contribution in [-0.2, 0) is 16.1 Å². The fraction of sp³-hybridized carbons (Fsp3) is 0.400. The number of nitrogens with one attached hydrogen (secondary N) is 2. The topological polar surface area (TPSA) is 102 Å². The molecule has 0 unspecified atom stereocenters. The van der Waals surface area contributed by atoms with Gasteiger partial charge in [0.15, 0.2) is 0 Å². The number of nitrogens with zero attached hydrogens (tertiary/aromatic N) is 4. The molecule has 1 heterocycles. The van der Waals surface area contributed by atoms with E-state index in [2.05, 4.69) is 26.0 Å². The van der Waals surface area contributed by atoms with E-state index >= 15 is 0 Å². The van der Waals surface area contributed by atoms with Crippen LogP contribution in [0.3, 0.4) is 0 Å². The van der Waals surface area contributed by atoms with Crippen LogP contribution in [0.25, 0.3) is 11.4 Å². The number of amides is 2. The van der Waals surface area contributed by atoms with Crippen molar-refractivity contribution in [3.63, 3.8) is 0 Å². The molecule has 0 bridgehead atoms. The van der Waals surface area contributed by atoms with Gasteiger partial charge in [-0.05, 0) is 30.7 Å². The van der Waals surface area contributed by atoms with Gasteiger partial charge in [-0.15, -0.1) is 10.2 Å². The van der Waals surface area contributed by atoms with Crippen molar-refractivity contribution < 1.29 is 9.59 Å². The molecule has 2 N–H and O–H groups in total. The van der Waals surface area contributed by atoms with Crippen molar-refractivity contribution in [3.05, 3.63) is 29.3 Å². The first-order valence-corrected chi connectivity index (χ1v) is 7.98. The summed E-state index contributed by atoms with van der Waals surface area (Å²) >= 11 is 6.08. The van der Waals surface area contributed by atoms with Crippen LogP contribution in [0, 0.1) is 0 Å². The van der Waals surface area contributed by atoms with Crippen molar-refractivity contribution >= 4 is 23.4 Å². The molecule has 0 fully saturated rings. The van der Waals surface area contributed by atoms with Gasteiger partial charge in [0, 0.05) is 12.1 Å². The van der Waals surface area contributed by atoms with Gasteiger partial charge in [-0.3, -0.25) is 9.59 Å². The van der Waals surface area contributed by atoms with Gasteiger partial charge in [0.2, 0.25) is 17.6 Å². The second kappa shape index (κ2) is 8.39. The zero-order chi connectivity index (χ0) is 17.5. The molecule has 2 aromatic rings. The Bertz CT molecular complexity index is 717. The molecule has 0 saturated carbocycles. The Hall–Kier alpha value is -2.48. The molecule has 0 saturated heterocycles. The number of benzene rings is 1. The monoisotopic (exact) mass is 350 g/mol. The number of halogens is 1. The van der Waals surface area contributed by atoms with Crippen molar-refractivity contribution in [1.29, 1.82) is 0 Å². The van der Waals surface area contributed by atoms with E-state index in [0.717, 1.165) is 11.2 Å². The van der Waals surface area contributed by atoms with Crippen LogP contribution in [0.4, 0.5) is 0 Å². The number of rotatable bonds is 7. The number of carbonyl (C=O) groups is 2. The van der Waals surface area contributed by atoms with E-state index in [1.807, 2.05) is 13.0 Å². The van der Waals surface area contributed by atoms with Crippen molar-refractivity contribution in [2.45, 2.75) is 32.9 Å². The Morgan fingerprint density at radius 2 is 2.08 bits per heavy atom. The molecule has 1 aromatic carbocycles. The molecule has 0 spiro atoms. The fourth-order valence-corrected chi connectivity index (χ4v) is 2.16. The Balaban J connectivity index is 1.93. The van der Waals surface area contributed by atoms with Crippen LogP contribution in [0.15, 0.2) is 24.3 Å². The summed E-state index contributed by atoms with van der Waals surface area (Å²) in [7, 11) is 0. The highest BCUT2D eigenvalue weighted by atomic mass is 35.5. The molecule has 9 heteroatoms. The third-order valence-corrected chi connectivity index (χ3v) is 3.50. The quantitative estimate of drug-likeness (QED) is 0.776. The molecule has 24 heavy (non-hydrogen) atoms. The van der Waals surface area contributed by atoms with Gasteiger partial charge in [-0.25, -0.2) is 0 Å². The number of carbonyl (C=O) groups excluding carboxylic acids is 2. The maximum absolute atomic E-state index is 12.0. The summed E-state index contributed by atoms with van der Waals surface area (Å²) in [6.45, 7) is 4.01. The fourth-order valence-electron chi connectivity index (χ4n) is 1.94. The van der Waals surface area contributed by atoms with Crippen molar-refractivity contribution in [3.8, 4) is 11.4 Å². The lowest BCUT2D eigenvalue weighted by atomic mass is 10.2. The highest BCUT2D eigenvalue weighted by molar-refractivity contribution is 6.33. The van der Waals surface area contributed by atoms with E-state index in [4.69, 9.17) is 11.6 Å². The molecule has 0 radical (unpaired) electrons. The van der Waals surface area contributed by atoms with Gasteiger partial charge in [-0.1, -0.05) is 30.7 Å². The van der Waals surface area contributed by atoms with Crippen LogP contribution >= 0.6 is 11.6 Å². The number of hydrogen-bond donors (Lipinski definition) is 2. The van der Waals surface area contributed by atoms with Crippen LogP contribution < -0.4 is 10.6 Å². The van der Waals surface area contributed by atoms with Crippen LogP contribution in [-0.4, -0.2) is 44.6 Å². The minimum atomic E-state index is -0.629. The molecular weight excluding hydrogens is 332 g/mol. The SMILES string of the molecule is CCCNC(=O)[C@H](C)NC(=O)Cn1nnc(-c2ccccc2Cl)n1. The van der Waals surface area contributed by atoms with Crippen LogP contribution in [0.5, 0.6) is 0 Å². The first-order valence-electron chi connectivity index (χ1n) is 7.61. The maximum atomic E-state index is 12.0. The highest BCUT2D eigenvalue weighted by Crippen LogP contribution is 2.23. The Morgan fingerprint density at radius 1 is 1.33 bits per heavy atom. The van der Waals surface area contributed by atoms with Crippen molar-refractivity contribution in [2.24, 2.45) is 0 Å². The molecule has 0 aliphatic carbocycles. The second-order valence-electron chi connectivity index (χ2n) is 5.20. The molecule has 128 valence electrons. The predicted octanol–water partition coefficient (Wildman–Crippen LogP) is 1.02. The number of tetrazole rings is 1. The van der Waals surface area contributed by atoms with Crippen LogP contribution in [0.2, 0.25) is 5.02 Å². The molecule has 0 aliphatic rings. The van der Waals surface area contributed by atoms with Gasteiger partial charge in [-0.2, -0.15) is 4.80 Å². The first kappa shape index (κ1) is 17.9. The van der Waals surface area contributed by atoms with Gasteiger partial charge < -0.3 is 10.6 Å². The van der Waals surface area contributed by atoms with Gasteiger partial charge in [0.05, 0.1) is 5.02 Å². The minimum Gasteiger partial charge on any atom is -0.354 e. The summed E-state index contributed by atoms with van der Waals surface area (Å²) in [5.41, 5.74) is 0.637. The zero-order valence-corrected chi connectivity index (χ0v) is 14.2. The maximum Gasteiger partial charge on any atom is 0.244 e. The average Bonchev–Trinajstić information content (AvgIpc) is 3.00. The summed E-state index contributed by atoms with van der Waals surface area (Å²) in [6.07, 6.45) is 0.833. The largest absolute Gasteiger partial charge is 0.354 e. The average molecular weight is 351 g/mol. The van der Waals surface area contributed by atoms with E-state index < -0.39 is 6.04 Å². The molecule has 2 amide bonds. The summed E-state index contributed by atoms with van der Waals surface area (Å²) in [5.74, 6) is -0.270. The molecule has 0 aliphatic heterocycles. The van der Waals surface area contributed by atoms with Crippen LogP contribution in [0.1, 0.15) is 20.3 Å². The van der Waals surface area contributed by atoms with E-state index in [-0.39, 0.29) is 18.4 Å². The molecule has 1 atom stereocenters. The normalized spacial score (nSPS) is 11.8. The van der Waals surface area contributed by atoms with E-state index in [0.29, 0.717) is 23.0 Å². The Kier molecular flexibility index (Phi) is 6.25. The van der Waals surface area contributed by atoms with Gasteiger partial charge in [0.1, 0.15) is 12.6 Å². The first-order chi connectivity index (χ1) is 11.5. The Labute approximate surface area is 144 Å². The van der Waals surface area contributed by atoms with E-state index in [1.54, 1.807) is 25.1 Å². The second-order valence-corrected chi connectivity index (χ2v) is 5.61. The zero-order valence-electron chi connectivity index (χ0n) is 13.5. The third kappa shape index (κ3) is 4.76. The van der Waals surface area contributed by atoms with E-state index in [9.17, 15) is 9.59 Å². The summed E-state index contributed by atoms with van der Waals surface area (Å²) < 4.78 is 0. The van der Waals surface area contributed by atoms with Crippen molar-refractivity contribution in [2.75, 3.05) is 6.54 Å². The molecule has 8 nitrogen and oxygen atoms in total. The van der Waals surface area contributed by atoms with Gasteiger partial charge >= 0.3 is 0 Å². The highest BCUT2D eigenvalue weighted by Gasteiger charge is 2.16. The molecular formula is C15H19ClN6O2. The third-order valence-electron chi connectivity index (χ3n) is 3.17. The molecule has 2 rings (SSSR count). The lowest BCUT2D eigenvalue weighted by Gasteiger charge is -2.13. The predicted molar refractivity (Wildman–Crippen MR) is 89.2 cm³/mol. The number of aromatic nitrogens is 4. The van der Waals surface area contributed by atoms with Gasteiger partial charge in [0.25, 0.3) is 0 Å². The molecule has 1 aromatic heterocycles. The number of hydrogen-bond acceptors (Lipinski definition) is 5. The lowest BCUT2D eigenvalue weighted by Crippen LogP contribution is -2.46. The van der Waals surface area contributed by atoms with E-state index in [1.165, 1.54) is 0 Å².